The quantitative estimate of drug-likeness (QED) is 0.678. The van der Waals surface area contributed by atoms with Crippen molar-refractivity contribution in [3.05, 3.63) is 16.1 Å². The molecule has 0 saturated carbocycles. The van der Waals surface area contributed by atoms with Crippen LogP contribution in [0.15, 0.2) is 5.38 Å². The Hall–Kier alpha value is -1.03. The van der Waals surface area contributed by atoms with Crippen LogP contribution >= 0.6 is 11.3 Å². The molecule has 0 aliphatic carbocycles. The molecule has 0 atom stereocenters. The molecular weight excluding hydrogens is 314 g/mol. The van der Waals surface area contributed by atoms with Gasteiger partial charge >= 0.3 is 5.97 Å². The van der Waals surface area contributed by atoms with Crippen LogP contribution in [0.4, 0.5) is 0 Å². The van der Waals surface area contributed by atoms with E-state index in [-0.39, 0.29) is 18.9 Å². The van der Waals surface area contributed by atoms with Gasteiger partial charge in [-0.1, -0.05) is 13.8 Å². The van der Waals surface area contributed by atoms with Gasteiger partial charge in [0.15, 0.2) is 0 Å². The normalized spacial score (nSPS) is 11.8. The number of nitrogens with one attached hydrogen (secondary N) is 1. The lowest BCUT2D eigenvalue weighted by atomic mass is 10.3. The largest absolute Gasteiger partial charge is 0.466 e. The number of ether oxygens (including phenoxy) is 1. The van der Waals surface area contributed by atoms with Crippen LogP contribution in [-0.2, 0) is 32.7 Å². The molecule has 1 N–H and O–H groups in total. The molecule has 9 heteroatoms. The van der Waals surface area contributed by atoms with Gasteiger partial charge in [-0.3, -0.25) is 4.79 Å². The lowest BCUT2D eigenvalue weighted by molar-refractivity contribution is -0.142. The van der Waals surface area contributed by atoms with Crippen molar-refractivity contribution < 1.29 is 17.9 Å². The minimum atomic E-state index is -3.48. The summed E-state index contributed by atoms with van der Waals surface area (Å²) in [5.74, 6) is -0.335. The van der Waals surface area contributed by atoms with Gasteiger partial charge < -0.3 is 4.74 Å². The maximum absolute atomic E-state index is 12.0. The SMILES string of the molecule is CCOC(=O)Cc1csc(CNS(=O)(=O)N(CC)CC)n1. The highest BCUT2D eigenvalue weighted by Gasteiger charge is 2.18. The van der Waals surface area contributed by atoms with Crippen molar-refractivity contribution in [1.82, 2.24) is 14.0 Å². The van der Waals surface area contributed by atoms with E-state index in [2.05, 4.69) is 9.71 Å². The van der Waals surface area contributed by atoms with Crippen molar-refractivity contribution in [2.75, 3.05) is 19.7 Å². The van der Waals surface area contributed by atoms with E-state index in [0.29, 0.717) is 30.4 Å². The topological polar surface area (TPSA) is 88.6 Å². The van der Waals surface area contributed by atoms with Crippen LogP contribution in [0.25, 0.3) is 0 Å². The Morgan fingerprint density at radius 1 is 1.38 bits per heavy atom. The molecule has 0 saturated heterocycles. The summed E-state index contributed by atoms with van der Waals surface area (Å²) >= 11 is 1.31. The van der Waals surface area contributed by atoms with Gasteiger partial charge in [0, 0.05) is 18.5 Å². The summed E-state index contributed by atoms with van der Waals surface area (Å²) in [5, 5.41) is 2.35. The monoisotopic (exact) mass is 335 g/mol. The lowest BCUT2D eigenvalue weighted by Gasteiger charge is -2.18. The molecule has 21 heavy (non-hydrogen) atoms. The van der Waals surface area contributed by atoms with Gasteiger partial charge in [0.1, 0.15) is 5.01 Å². The molecule has 0 amide bonds. The highest BCUT2D eigenvalue weighted by atomic mass is 32.2. The van der Waals surface area contributed by atoms with Crippen LogP contribution in [0.3, 0.4) is 0 Å². The van der Waals surface area contributed by atoms with E-state index >= 15 is 0 Å². The first-order valence-corrected chi connectivity index (χ1v) is 9.08. The molecule has 0 bridgehead atoms. The molecule has 7 nitrogen and oxygen atoms in total. The van der Waals surface area contributed by atoms with E-state index in [1.807, 2.05) is 0 Å². The average molecular weight is 335 g/mol. The fraction of sp³-hybridized carbons (Fsp3) is 0.667. The maximum Gasteiger partial charge on any atom is 0.311 e. The highest BCUT2D eigenvalue weighted by molar-refractivity contribution is 7.87. The Kier molecular flexibility index (Phi) is 7.23. The molecule has 0 fully saturated rings. The van der Waals surface area contributed by atoms with Gasteiger partial charge in [0.25, 0.3) is 10.2 Å². The summed E-state index contributed by atoms with van der Waals surface area (Å²) in [4.78, 5) is 15.5. The number of rotatable bonds is 9. The fourth-order valence-electron chi connectivity index (χ4n) is 1.68. The van der Waals surface area contributed by atoms with Crippen molar-refractivity contribution in [2.45, 2.75) is 33.7 Å². The average Bonchev–Trinajstić information content (AvgIpc) is 2.85. The van der Waals surface area contributed by atoms with E-state index in [1.54, 1.807) is 26.2 Å². The number of nitrogens with zero attached hydrogens (tertiary/aromatic N) is 2. The minimum Gasteiger partial charge on any atom is -0.466 e. The van der Waals surface area contributed by atoms with Crippen LogP contribution in [0.1, 0.15) is 31.5 Å². The molecule has 1 aromatic rings. The van der Waals surface area contributed by atoms with Crippen molar-refractivity contribution in [3.63, 3.8) is 0 Å². The number of aromatic nitrogens is 1. The van der Waals surface area contributed by atoms with Gasteiger partial charge in [-0.15, -0.1) is 11.3 Å². The van der Waals surface area contributed by atoms with Crippen LogP contribution in [0, 0.1) is 0 Å². The number of hydrogen-bond acceptors (Lipinski definition) is 6. The highest BCUT2D eigenvalue weighted by Crippen LogP contribution is 2.11. The smallest absolute Gasteiger partial charge is 0.311 e. The minimum absolute atomic E-state index is 0.104. The summed E-state index contributed by atoms with van der Waals surface area (Å²) in [5.41, 5.74) is 0.593. The zero-order chi connectivity index (χ0) is 15.9. The molecule has 0 unspecified atom stereocenters. The van der Waals surface area contributed by atoms with Gasteiger partial charge in [-0.05, 0) is 6.92 Å². The van der Waals surface area contributed by atoms with Gasteiger partial charge in [0.05, 0.1) is 25.3 Å². The Labute approximate surface area is 129 Å². The third-order valence-electron chi connectivity index (χ3n) is 2.68. The summed E-state index contributed by atoms with van der Waals surface area (Å²) in [6.07, 6.45) is 0.104. The van der Waals surface area contributed by atoms with Crippen molar-refractivity contribution >= 4 is 27.5 Å². The molecule has 0 radical (unpaired) electrons. The van der Waals surface area contributed by atoms with E-state index in [0.717, 1.165) is 0 Å². The van der Waals surface area contributed by atoms with Crippen LogP contribution in [-0.4, -0.2) is 43.4 Å². The molecule has 0 aliphatic heterocycles. The molecular formula is C12H21N3O4S2. The second-order valence-electron chi connectivity index (χ2n) is 4.12. The predicted octanol–water partition coefficient (Wildman–Crippen LogP) is 0.925. The van der Waals surface area contributed by atoms with Crippen LogP contribution in [0.2, 0.25) is 0 Å². The Morgan fingerprint density at radius 2 is 2.05 bits per heavy atom. The third-order valence-corrected chi connectivity index (χ3v) is 5.28. The molecule has 1 heterocycles. The molecule has 0 aliphatic rings. The Bertz CT molecular complexity index is 553. The van der Waals surface area contributed by atoms with Crippen LogP contribution in [0.5, 0.6) is 0 Å². The molecule has 0 aromatic carbocycles. The molecule has 0 spiro atoms. The standard InChI is InChI=1S/C12H21N3O4S2/c1-4-15(5-2)21(17,18)13-8-11-14-10(9-20-11)7-12(16)19-6-3/h9,13H,4-8H2,1-3H3. The third kappa shape index (κ3) is 5.70. The van der Waals surface area contributed by atoms with Gasteiger partial charge in [0.2, 0.25) is 0 Å². The lowest BCUT2D eigenvalue weighted by Crippen LogP contribution is -2.40. The predicted molar refractivity (Wildman–Crippen MR) is 81.1 cm³/mol. The first-order valence-electron chi connectivity index (χ1n) is 6.76. The zero-order valence-electron chi connectivity index (χ0n) is 12.5. The molecule has 120 valence electrons. The summed E-state index contributed by atoms with van der Waals surface area (Å²) in [6, 6.07) is 0. The first-order chi connectivity index (χ1) is 9.92. The second-order valence-corrected chi connectivity index (χ2v) is 6.82. The van der Waals surface area contributed by atoms with Gasteiger partial charge in [-0.25, -0.2) is 4.98 Å². The van der Waals surface area contributed by atoms with E-state index in [4.69, 9.17) is 4.74 Å². The van der Waals surface area contributed by atoms with Crippen molar-refractivity contribution in [3.8, 4) is 0 Å². The summed E-state index contributed by atoms with van der Waals surface area (Å²) in [7, 11) is -3.48. The maximum atomic E-state index is 12.0. The number of carbonyl (C=O) groups excluding carboxylic acids is 1. The zero-order valence-corrected chi connectivity index (χ0v) is 14.1. The Morgan fingerprint density at radius 3 is 2.62 bits per heavy atom. The fourth-order valence-corrected chi connectivity index (χ4v) is 3.69. The van der Waals surface area contributed by atoms with E-state index < -0.39 is 10.2 Å². The summed E-state index contributed by atoms with van der Waals surface area (Å²) in [6.45, 7) is 6.58. The van der Waals surface area contributed by atoms with Crippen LogP contribution < -0.4 is 4.72 Å². The summed E-state index contributed by atoms with van der Waals surface area (Å²) < 4.78 is 32.6. The van der Waals surface area contributed by atoms with E-state index in [9.17, 15) is 13.2 Å². The second kappa shape index (κ2) is 8.42. The first kappa shape index (κ1) is 18.0. The number of hydrogen-bond donors (Lipinski definition) is 1. The number of thiazole rings is 1. The molecule has 1 aromatic heterocycles. The number of esters is 1. The van der Waals surface area contributed by atoms with Crippen molar-refractivity contribution in [2.24, 2.45) is 0 Å². The number of carbonyl (C=O) groups is 1. The van der Waals surface area contributed by atoms with E-state index in [1.165, 1.54) is 15.6 Å². The van der Waals surface area contributed by atoms with Gasteiger partial charge in [-0.2, -0.15) is 17.4 Å². The Balaban J connectivity index is 2.57. The molecule has 1 rings (SSSR count). The van der Waals surface area contributed by atoms with Crippen molar-refractivity contribution in [1.29, 1.82) is 0 Å².